The summed E-state index contributed by atoms with van der Waals surface area (Å²) in [5, 5.41) is 11.3. The van der Waals surface area contributed by atoms with E-state index >= 15 is 0 Å². The Morgan fingerprint density at radius 3 is 1.63 bits per heavy atom. The van der Waals surface area contributed by atoms with Gasteiger partial charge < -0.3 is 18.9 Å². The Hall–Kier alpha value is -0.546. The third-order valence-electron chi connectivity index (χ3n) is 5.83. The second-order valence-corrected chi connectivity index (χ2v) is 28.5. The zero-order valence-electron chi connectivity index (χ0n) is 31.1. The Kier molecular flexibility index (Phi) is 27.7. The van der Waals surface area contributed by atoms with Crippen molar-refractivity contribution >= 4 is 91.9 Å². The third kappa shape index (κ3) is 26.8. The number of rotatable bonds is 22. The number of thioether (sulfide) groups is 3. The van der Waals surface area contributed by atoms with Gasteiger partial charge in [0, 0.05) is 52.4 Å². The highest BCUT2D eigenvalue weighted by molar-refractivity contribution is 9.10. The van der Waals surface area contributed by atoms with Gasteiger partial charge in [-0.3, -0.25) is 9.59 Å². The van der Waals surface area contributed by atoms with Gasteiger partial charge in [-0.1, -0.05) is 88.4 Å². The van der Waals surface area contributed by atoms with Gasteiger partial charge in [-0.05, 0) is 40.9 Å². The molecule has 0 N–H and O–H groups in total. The van der Waals surface area contributed by atoms with Crippen LogP contribution in [0.4, 0.5) is 0 Å². The quantitative estimate of drug-likeness (QED) is 0.0403. The second kappa shape index (κ2) is 28.0. The Morgan fingerprint density at radius 1 is 0.735 bits per heavy atom. The van der Waals surface area contributed by atoms with E-state index in [0.717, 1.165) is 53.9 Å². The van der Waals surface area contributed by atoms with Crippen LogP contribution >= 0.6 is 63.8 Å². The van der Waals surface area contributed by atoms with E-state index < -0.39 is 16.1 Å². The van der Waals surface area contributed by atoms with E-state index in [4.69, 9.17) is 9.47 Å². The summed E-state index contributed by atoms with van der Waals surface area (Å²) >= 11 is 12.0. The van der Waals surface area contributed by atoms with Crippen molar-refractivity contribution < 1.29 is 28.5 Å². The van der Waals surface area contributed by atoms with Crippen molar-refractivity contribution in [1.29, 1.82) is 0 Å². The first-order valence-electron chi connectivity index (χ1n) is 16.4. The van der Waals surface area contributed by atoms with Crippen LogP contribution in [-0.2, 0) is 42.0 Å². The van der Waals surface area contributed by atoms with Gasteiger partial charge in [-0.25, -0.2) is 9.36 Å². The maximum atomic E-state index is 11.2. The molecule has 0 saturated carbocycles. The van der Waals surface area contributed by atoms with Crippen LogP contribution in [0.25, 0.3) is 0 Å². The van der Waals surface area contributed by atoms with Crippen LogP contribution in [0.5, 0.6) is 0 Å². The predicted octanol–water partition coefficient (Wildman–Crippen LogP) is 8.08. The van der Waals surface area contributed by atoms with Crippen LogP contribution in [0.2, 0.25) is 51.4 Å². The summed E-state index contributed by atoms with van der Waals surface area (Å²) in [6.07, 6.45) is 2.98. The van der Waals surface area contributed by atoms with Gasteiger partial charge in [-0.2, -0.15) is 22.6 Å². The topological polar surface area (TPSA) is 132 Å². The fourth-order valence-electron chi connectivity index (χ4n) is 3.02. The highest BCUT2D eigenvalue weighted by atomic mass is 79.9. The molecule has 12 nitrogen and oxygen atoms in total. The molecule has 0 atom stereocenters. The largest absolute Gasteiger partial charge is 0.469 e. The molecule has 2 aromatic rings. The molecule has 0 aliphatic rings. The summed E-state index contributed by atoms with van der Waals surface area (Å²) in [5.41, 5.74) is 0. The monoisotopic (exact) mass is 862 g/mol. The van der Waals surface area contributed by atoms with Crippen LogP contribution in [0.3, 0.4) is 0 Å². The first-order valence-corrected chi connectivity index (χ1v) is 28.2. The van der Waals surface area contributed by atoms with E-state index in [0.29, 0.717) is 47.7 Å². The van der Waals surface area contributed by atoms with Crippen LogP contribution in [-0.4, -0.2) is 108 Å². The molecule has 0 aliphatic heterocycles. The lowest BCUT2D eigenvalue weighted by Crippen LogP contribution is -2.22. The molecule has 284 valence electrons. The zero-order chi connectivity index (χ0) is 37.3. The Balaban J connectivity index is 0.000000808. The molecule has 0 aliphatic carbocycles. The van der Waals surface area contributed by atoms with E-state index in [-0.39, 0.29) is 11.9 Å². The van der Waals surface area contributed by atoms with Gasteiger partial charge in [0.2, 0.25) is 9.89 Å². The minimum atomic E-state index is -1.08. The zero-order valence-corrected chi connectivity index (χ0v) is 38.0. The number of halogens is 1. The average molecular weight is 864 g/mol. The number of hydrogen-bond donors (Lipinski definition) is 1. The summed E-state index contributed by atoms with van der Waals surface area (Å²) in [5.74, 6) is 2.82. The molecule has 0 radical (unpaired) electrons. The molecule has 0 spiro atoms. The number of nitrogens with zero attached hydrogens (tertiary/aromatic N) is 6. The van der Waals surface area contributed by atoms with Crippen molar-refractivity contribution in [3.63, 3.8) is 0 Å². The molecule has 2 heterocycles. The van der Waals surface area contributed by atoms with Crippen LogP contribution in [0, 0.1) is 0 Å². The lowest BCUT2D eigenvalue weighted by atomic mass is 10.5. The highest BCUT2D eigenvalue weighted by Crippen LogP contribution is 2.23. The number of ether oxygens (including phenoxy) is 4. The Labute approximate surface area is 323 Å². The van der Waals surface area contributed by atoms with E-state index in [2.05, 4.69) is 111 Å². The van der Waals surface area contributed by atoms with Gasteiger partial charge in [0.15, 0.2) is 10.3 Å². The molecular weight excluding hydrogens is 805 g/mol. The lowest BCUT2D eigenvalue weighted by molar-refractivity contribution is -0.140. The van der Waals surface area contributed by atoms with Crippen molar-refractivity contribution in [2.24, 2.45) is 0 Å². The van der Waals surface area contributed by atoms with Crippen molar-refractivity contribution in [2.45, 2.75) is 120 Å². The van der Waals surface area contributed by atoms with E-state index in [9.17, 15) is 9.59 Å². The molecule has 0 aromatic carbocycles. The van der Waals surface area contributed by atoms with Crippen molar-refractivity contribution in [3.8, 4) is 0 Å². The molecule has 0 unspecified atom stereocenters. The maximum Gasteiger partial charge on any atom is 0.306 e. The van der Waals surface area contributed by atoms with Crippen LogP contribution in [0.1, 0.15) is 39.5 Å². The van der Waals surface area contributed by atoms with Crippen LogP contribution < -0.4 is 0 Å². The fraction of sp³-hybridized carbons (Fsp3) is 0.800. The average Bonchev–Trinajstić information content (AvgIpc) is 3.60. The SMILES string of the molecule is CCCSc1nc(Br)nn1COCC[Si](C)(C)C.CCCSc1nc(SCCC(=O)OC)nn1COCC[Si](C)(C)C.COC(=O)CCS. The first-order chi connectivity index (χ1) is 23.1. The molecule has 19 heteroatoms. The van der Waals surface area contributed by atoms with Crippen molar-refractivity contribution in [1.82, 2.24) is 29.5 Å². The molecular formula is C30H59BrN6O6S4Si2. The van der Waals surface area contributed by atoms with Gasteiger partial charge in [-0.15, -0.1) is 10.2 Å². The molecule has 2 aromatic heterocycles. The second-order valence-electron chi connectivity index (χ2n) is 13.0. The standard InChI is InChI=1S/C15H29N3O3S2Si.C11H22BrN3OSSi.C4H8O2S/c1-6-9-23-15-16-14(22-10-7-13(19)20-2)17-18(15)12-21-8-11-24(3,4)5;1-5-7-17-11-13-10(12)14-15(11)9-16-6-8-18(2,3)4;1-6-4(5)2-3-7/h6-12H2,1-5H3;5-9H2,1-4H3;7H,2-3H2,1H3. The summed E-state index contributed by atoms with van der Waals surface area (Å²) in [6.45, 7) is 20.9. The molecule has 2 rings (SSSR count). The lowest BCUT2D eigenvalue weighted by Gasteiger charge is -2.15. The molecule has 0 amide bonds. The smallest absolute Gasteiger partial charge is 0.306 e. The van der Waals surface area contributed by atoms with E-state index in [1.54, 1.807) is 23.5 Å². The molecule has 0 bridgehead atoms. The predicted molar refractivity (Wildman–Crippen MR) is 216 cm³/mol. The summed E-state index contributed by atoms with van der Waals surface area (Å²) < 4.78 is 24.7. The number of esters is 2. The van der Waals surface area contributed by atoms with Crippen LogP contribution in [0.15, 0.2) is 20.2 Å². The molecule has 0 fully saturated rings. The normalized spacial score (nSPS) is 11.3. The van der Waals surface area contributed by atoms with E-state index in [1.807, 2.05) is 9.36 Å². The Morgan fingerprint density at radius 2 is 1.20 bits per heavy atom. The minimum absolute atomic E-state index is 0.199. The number of carbonyl (C=O) groups is 2. The summed E-state index contributed by atoms with van der Waals surface area (Å²) in [6, 6.07) is 2.32. The minimum Gasteiger partial charge on any atom is -0.469 e. The van der Waals surface area contributed by atoms with Gasteiger partial charge >= 0.3 is 11.9 Å². The highest BCUT2D eigenvalue weighted by Gasteiger charge is 2.15. The van der Waals surface area contributed by atoms with Crippen molar-refractivity contribution in [3.05, 3.63) is 4.73 Å². The number of hydrogen-bond acceptors (Lipinski definition) is 14. The Bertz CT molecular complexity index is 1180. The molecule has 49 heavy (non-hydrogen) atoms. The first kappa shape index (κ1) is 48.5. The van der Waals surface area contributed by atoms with Gasteiger partial charge in [0.1, 0.15) is 13.5 Å². The molecule has 0 saturated heterocycles. The fourth-order valence-corrected chi connectivity index (χ4v) is 7.57. The summed E-state index contributed by atoms with van der Waals surface area (Å²) in [7, 11) is 0.677. The third-order valence-corrected chi connectivity index (χ3v) is 13.0. The van der Waals surface area contributed by atoms with E-state index in [1.165, 1.54) is 32.0 Å². The van der Waals surface area contributed by atoms with Gasteiger partial charge in [0.05, 0.1) is 27.1 Å². The number of thiol groups is 1. The van der Waals surface area contributed by atoms with Crippen molar-refractivity contribution in [2.75, 3.05) is 50.4 Å². The maximum absolute atomic E-state index is 11.2. The summed E-state index contributed by atoms with van der Waals surface area (Å²) in [4.78, 5) is 30.2. The number of carbonyl (C=O) groups excluding carboxylic acids is 2. The van der Waals surface area contributed by atoms with Gasteiger partial charge in [0.25, 0.3) is 0 Å². The number of aromatic nitrogens is 6. The number of methoxy groups -OCH3 is 2.